The number of nitriles is 1. The van der Waals surface area contributed by atoms with Crippen LogP contribution in [-0.2, 0) is 6.42 Å². The molecule has 1 heterocycles. The molecule has 2 aromatic rings. The molecule has 1 aromatic heterocycles. The molecule has 0 spiro atoms. The number of fused-ring (bicyclic) bond motifs is 1. The van der Waals surface area contributed by atoms with Gasteiger partial charge in [-0.2, -0.15) is 5.26 Å². The van der Waals surface area contributed by atoms with E-state index in [1.165, 1.54) is 19.3 Å². The maximum absolute atomic E-state index is 13.3. The summed E-state index contributed by atoms with van der Waals surface area (Å²) in [6.45, 7) is 5.11. The van der Waals surface area contributed by atoms with E-state index in [0.29, 0.717) is 12.0 Å². The molecule has 148 valence electrons. The van der Waals surface area contributed by atoms with E-state index in [1.54, 1.807) is 24.3 Å². The predicted octanol–water partition coefficient (Wildman–Crippen LogP) is 6.17. The smallest absolute Gasteiger partial charge is 0.211 e. The molecule has 0 fully saturated rings. The fourth-order valence-corrected chi connectivity index (χ4v) is 3.63. The highest BCUT2D eigenvalue weighted by molar-refractivity contribution is 5.92. The molecule has 1 aromatic carbocycles. The third kappa shape index (κ3) is 3.88. The fourth-order valence-electron chi connectivity index (χ4n) is 3.63. The normalized spacial score (nSPS) is 14.9. The molecule has 5 heteroatoms. The number of allylic oxidation sites excluding steroid dienone is 6. The molecule has 0 bridgehead atoms. The van der Waals surface area contributed by atoms with Gasteiger partial charge in [-0.05, 0) is 84.4 Å². The minimum Gasteiger partial charge on any atom is -0.508 e. The largest absolute Gasteiger partial charge is 0.508 e. The van der Waals surface area contributed by atoms with Crippen LogP contribution in [-0.4, -0.2) is 10.2 Å². The first kappa shape index (κ1) is 20.2. The molecule has 1 aliphatic rings. The summed E-state index contributed by atoms with van der Waals surface area (Å²) in [6.07, 6.45) is 7.76. The lowest BCUT2D eigenvalue weighted by Gasteiger charge is -2.10. The summed E-state index contributed by atoms with van der Waals surface area (Å²) in [5.74, 6) is -0.761. The summed E-state index contributed by atoms with van der Waals surface area (Å²) < 4.78 is 18.6. The van der Waals surface area contributed by atoms with Gasteiger partial charge in [-0.15, -0.1) is 0 Å². The number of benzene rings is 1. The van der Waals surface area contributed by atoms with Crippen LogP contribution < -0.4 is 0 Å². The van der Waals surface area contributed by atoms with Crippen LogP contribution >= 0.6 is 0 Å². The van der Waals surface area contributed by atoms with Crippen molar-refractivity contribution >= 4 is 5.57 Å². The summed E-state index contributed by atoms with van der Waals surface area (Å²) in [5, 5.41) is 29.4. The van der Waals surface area contributed by atoms with Crippen molar-refractivity contribution in [3.8, 4) is 11.8 Å². The van der Waals surface area contributed by atoms with Gasteiger partial charge in [-0.25, -0.2) is 4.39 Å². The summed E-state index contributed by atoms with van der Waals surface area (Å²) in [4.78, 5) is 0. The molecular weight excluding hydrogens is 369 g/mol. The van der Waals surface area contributed by atoms with Crippen molar-refractivity contribution in [2.75, 3.05) is 0 Å². The van der Waals surface area contributed by atoms with Gasteiger partial charge < -0.3 is 14.6 Å². The number of halogens is 1. The highest BCUT2D eigenvalue weighted by Gasteiger charge is 2.28. The molecular formula is C24H22FNO3. The average Bonchev–Trinajstić information content (AvgIpc) is 3.28. The Balaban J connectivity index is 2.27. The standard InChI is InChI=1S/C24H22FNO3/c1-4-5-16(6-7-22(28)15(3)25)20-12-19-14(2)10-17(27)11-21(19)24(20)18-8-9-29-23(18)13-26/h5-11,27-28H,4,12H2,1-3H3/b7-6-,16-5+,22-15-. The molecule has 4 nitrogen and oxygen atoms in total. The number of nitrogens with zero attached hydrogens (tertiary/aromatic N) is 1. The Bertz CT molecular complexity index is 1120. The zero-order valence-electron chi connectivity index (χ0n) is 16.6. The number of aromatic hydroxyl groups is 1. The number of furan rings is 1. The zero-order valence-corrected chi connectivity index (χ0v) is 16.6. The lowest BCUT2D eigenvalue weighted by molar-refractivity contribution is 0.401. The molecule has 0 unspecified atom stereocenters. The summed E-state index contributed by atoms with van der Waals surface area (Å²) in [7, 11) is 0. The van der Waals surface area contributed by atoms with Gasteiger partial charge in [0.2, 0.25) is 5.76 Å². The Morgan fingerprint density at radius 1 is 1.31 bits per heavy atom. The number of aliphatic hydroxyl groups is 1. The highest BCUT2D eigenvalue weighted by Crippen LogP contribution is 2.44. The minimum atomic E-state index is -0.664. The second kappa shape index (κ2) is 8.24. The number of phenols is 1. The van der Waals surface area contributed by atoms with Gasteiger partial charge >= 0.3 is 0 Å². The first-order valence-corrected chi connectivity index (χ1v) is 9.35. The van der Waals surface area contributed by atoms with E-state index in [2.05, 4.69) is 6.07 Å². The SMILES string of the molecule is CC\C=C(/C=C\C(O)=C(/C)F)C1=C(c2ccoc2C#N)c2cc(O)cc(C)c2C1. The van der Waals surface area contributed by atoms with E-state index in [9.17, 15) is 19.9 Å². The third-order valence-corrected chi connectivity index (χ3v) is 4.96. The van der Waals surface area contributed by atoms with E-state index in [-0.39, 0.29) is 11.5 Å². The van der Waals surface area contributed by atoms with Gasteiger partial charge in [0.05, 0.1) is 6.26 Å². The number of rotatable bonds is 5. The van der Waals surface area contributed by atoms with Crippen molar-refractivity contribution < 1.29 is 19.0 Å². The van der Waals surface area contributed by atoms with Crippen LogP contribution in [0.5, 0.6) is 5.75 Å². The van der Waals surface area contributed by atoms with Gasteiger partial charge in [0.15, 0.2) is 0 Å². The summed E-state index contributed by atoms with van der Waals surface area (Å²) in [6, 6.07) is 7.20. The number of hydrogen-bond acceptors (Lipinski definition) is 4. The van der Waals surface area contributed by atoms with E-state index in [1.807, 2.05) is 19.9 Å². The summed E-state index contributed by atoms with van der Waals surface area (Å²) >= 11 is 0. The maximum Gasteiger partial charge on any atom is 0.211 e. The Morgan fingerprint density at radius 3 is 2.72 bits per heavy atom. The summed E-state index contributed by atoms with van der Waals surface area (Å²) in [5.41, 5.74) is 6.01. The Hall–Kier alpha value is -3.52. The van der Waals surface area contributed by atoms with Crippen LogP contribution in [0.1, 0.15) is 48.3 Å². The van der Waals surface area contributed by atoms with Crippen LogP contribution in [0.3, 0.4) is 0 Å². The molecule has 0 saturated heterocycles. The van der Waals surface area contributed by atoms with Gasteiger partial charge in [0.1, 0.15) is 23.4 Å². The van der Waals surface area contributed by atoms with Gasteiger partial charge in [-0.3, -0.25) is 0 Å². The Labute approximate surface area is 169 Å². The van der Waals surface area contributed by atoms with Crippen molar-refractivity contribution in [1.82, 2.24) is 0 Å². The van der Waals surface area contributed by atoms with Crippen LogP contribution in [0.2, 0.25) is 0 Å². The molecule has 0 aliphatic heterocycles. The minimum absolute atomic E-state index is 0.146. The van der Waals surface area contributed by atoms with E-state index < -0.39 is 11.6 Å². The molecule has 1 aliphatic carbocycles. The monoisotopic (exact) mass is 391 g/mol. The molecule has 29 heavy (non-hydrogen) atoms. The first-order chi connectivity index (χ1) is 13.9. The predicted molar refractivity (Wildman–Crippen MR) is 110 cm³/mol. The van der Waals surface area contributed by atoms with E-state index in [4.69, 9.17) is 4.42 Å². The molecule has 0 saturated carbocycles. The number of hydrogen-bond donors (Lipinski definition) is 2. The molecule has 3 rings (SSSR count). The van der Waals surface area contributed by atoms with Crippen LogP contribution in [0, 0.1) is 18.3 Å². The highest BCUT2D eigenvalue weighted by atomic mass is 19.1. The van der Waals surface area contributed by atoms with Crippen LogP contribution in [0.15, 0.2) is 69.8 Å². The van der Waals surface area contributed by atoms with Crippen molar-refractivity contribution in [3.63, 3.8) is 0 Å². The van der Waals surface area contributed by atoms with Crippen LogP contribution in [0.25, 0.3) is 5.57 Å². The maximum atomic E-state index is 13.3. The van der Waals surface area contributed by atoms with Crippen molar-refractivity contribution in [2.45, 2.75) is 33.6 Å². The van der Waals surface area contributed by atoms with Gasteiger partial charge in [-0.1, -0.05) is 19.1 Å². The van der Waals surface area contributed by atoms with Crippen molar-refractivity contribution in [3.05, 3.63) is 93.4 Å². The number of aryl methyl sites for hydroxylation is 1. The third-order valence-electron chi connectivity index (χ3n) is 4.96. The molecule has 0 radical (unpaired) electrons. The Morgan fingerprint density at radius 2 is 2.07 bits per heavy atom. The zero-order chi connectivity index (χ0) is 21.1. The topological polar surface area (TPSA) is 77.4 Å². The first-order valence-electron chi connectivity index (χ1n) is 9.35. The number of aliphatic hydroxyl groups excluding tert-OH is 1. The second-order valence-corrected chi connectivity index (χ2v) is 6.91. The van der Waals surface area contributed by atoms with Gasteiger partial charge in [0, 0.05) is 5.56 Å². The molecule has 0 atom stereocenters. The lowest BCUT2D eigenvalue weighted by Crippen LogP contribution is -1.93. The fraction of sp³-hybridized carbons (Fsp3) is 0.208. The quantitative estimate of drug-likeness (QED) is 0.472. The van der Waals surface area contributed by atoms with E-state index in [0.717, 1.165) is 39.8 Å². The van der Waals surface area contributed by atoms with E-state index >= 15 is 0 Å². The number of phenolic OH excluding ortho intramolecular Hbond substituents is 1. The van der Waals surface area contributed by atoms with Gasteiger partial charge in [0.25, 0.3) is 0 Å². The second-order valence-electron chi connectivity index (χ2n) is 6.91. The van der Waals surface area contributed by atoms with Crippen molar-refractivity contribution in [1.29, 1.82) is 5.26 Å². The molecule has 0 amide bonds. The Kier molecular flexibility index (Phi) is 5.74. The van der Waals surface area contributed by atoms with Crippen molar-refractivity contribution in [2.24, 2.45) is 0 Å². The molecule has 2 N–H and O–H groups in total. The lowest BCUT2D eigenvalue weighted by atomic mass is 9.93. The average molecular weight is 391 g/mol. The van der Waals surface area contributed by atoms with Crippen LogP contribution in [0.4, 0.5) is 4.39 Å².